The van der Waals surface area contributed by atoms with Gasteiger partial charge < -0.3 is 9.64 Å². The zero-order valence-electron chi connectivity index (χ0n) is 10.2. The van der Waals surface area contributed by atoms with Gasteiger partial charge in [0.2, 0.25) is 11.7 Å². The van der Waals surface area contributed by atoms with Crippen LogP contribution in [0.15, 0.2) is 12.1 Å². The minimum atomic E-state index is -0.402. The topological polar surface area (TPSA) is 59.5 Å². The fourth-order valence-corrected chi connectivity index (χ4v) is 2.19. The van der Waals surface area contributed by atoms with Crippen molar-refractivity contribution in [3.05, 3.63) is 17.8 Å². The second kappa shape index (κ2) is 4.08. The summed E-state index contributed by atoms with van der Waals surface area (Å²) in [4.78, 5) is 29.5. The largest absolute Gasteiger partial charge is 0.481 e. The molecule has 2 heterocycles. The molecule has 1 aromatic rings. The number of anilines is 1. The van der Waals surface area contributed by atoms with Gasteiger partial charge in [0, 0.05) is 12.6 Å². The van der Waals surface area contributed by atoms with E-state index >= 15 is 0 Å². The number of nitrogens with zero attached hydrogens (tertiary/aromatic N) is 2. The van der Waals surface area contributed by atoms with E-state index in [2.05, 4.69) is 4.98 Å². The fraction of sp³-hybridized carbons (Fsp3) is 0.462. The normalized spacial score (nSPS) is 18.8. The van der Waals surface area contributed by atoms with Crippen LogP contribution in [-0.2, 0) is 16.0 Å². The Bertz CT molecular complexity index is 523. The molecule has 0 atom stereocenters. The molecule has 1 fully saturated rings. The molecule has 2 aliphatic rings. The maximum absolute atomic E-state index is 11.9. The molecule has 0 radical (unpaired) electrons. The van der Waals surface area contributed by atoms with Crippen LogP contribution in [0.2, 0.25) is 0 Å². The van der Waals surface area contributed by atoms with Crippen molar-refractivity contribution in [2.45, 2.75) is 19.3 Å². The highest BCUT2D eigenvalue weighted by Gasteiger charge is 2.35. The summed E-state index contributed by atoms with van der Waals surface area (Å²) in [7, 11) is 1.53. The first-order valence-electron chi connectivity index (χ1n) is 6.07. The van der Waals surface area contributed by atoms with E-state index in [1.807, 2.05) is 6.07 Å². The lowest BCUT2D eigenvalue weighted by Gasteiger charge is -2.27. The first kappa shape index (κ1) is 11.2. The number of Topliss-reactive ketones (excluding diaryl/α,β-unsaturated/α-hetero) is 1. The SMILES string of the molecule is COc1ccc2c(n1)CC(=O)C(=O)N2CC1CC1. The molecule has 1 aromatic heterocycles. The lowest BCUT2D eigenvalue weighted by atomic mass is 10.1. The summed E-state index contributed by atoms with van der Waals surface area (Å²) in [5, 5.41) is 0. The van der Waals surface area contributed by atoms with Crippen molar-refractivity contribution in [1.82, 2.24) is 4.98 Å². The van der Waals surface area contributed by atoms with Gasteiger partial charge in [-0.05, 0) is 24.8 Å². The Morgan fingerprint density at radius 3 is 2.83 bits per heavy atom. The van der Waals surface area contributed by atoms with Gasteiger partial charge >= 0.3 is 0 Å². The van der Waals surface area contributed by atoms with Crippen molar-refractivity contribution >= 4 is 17.4 Å². The first-order chi connectivity index (χ1) is 8.69. The summed E-state index contributed by atoms with van der Waals surface area (Å²) < 4.78 is 5.05. The Kier molecular flexibility index (Phi) is 2.54. The molecule has 1 amide bonds. The van der Waals surface area contributed by atoms with Crippen LogP contribution in [0.3, 0.4) is 0 Å². The third-order valence-corrected chi connectivity index (χ3v) is 3.37. The van der Waals surface area contributed by atoms with Crippen LogP contribution in [-0.4, -0.2) is 30.3 Å². The lowest BCUT2D eigenvalue weighted by molar-refractivity contribution is -0.136. The maximum Gasteiger partial charge on any atom is 0.294 e. The Hall–Kier alpha value is -1.91. The number of carbonyl (C=O) groups excluding carboxylic acids is 2. The highest BCUT2D eigenvalue weighted by atomic mass is 16.5. The van der Waals surface area contributed by atoms with Gasteiger partial charge in [0.1, 0.15) is 0 Å². The second-order valence-electron chi connectivity index (χ2n) is 4.78. The minimum absolute atomic E-state index is 0.0759. The molecule has 18 heavy (non-hydrogen) atoms. The molecule has 5 heteroatoms. The second-order valence-corrected chi connectivity index (χ2v) is 4.78. The molecule has 0 saturated heterocycles. The minimum Gasteiger partial charge on any atom is -0.481 e. The number of ether oxygens (including phenoxy) is 1. The van der Waals surface area contributed by atoms with Crippen molar-refractivity contribution in [1.29, 1.82) is 0 Å². The van der Waals surface area contributed by atoms with E-state index in [1.165, 1.54) is 7.11 Å². The molecule has 3 rings (SSSR count). The molecular formula is C13H14N2O3. The molecule has 1 aliphatic heterocycles. The monoisotopic (exact) mass is 246 g/mol. The molecule has 0 spiro atoms. The fourth-order valence-electron chi connectivity index (χ4n) is 2.19. The van der Waals surface area contributed by atoms with Crippen molar-refractivity contribution in [2.75, 3.05) is 18.6 Å². The predicted molar refractivity (Wildman–Crippen MR) is 64.6 cm³/mol. The average Bonchev–Trinajstić information content (AvgIpc) is 3.18. The highest BCUT2D eigenvalue weighted by molar-refractivity contribution is 6.43. The first-order valence-corrected chi connectivity index (χ1v) is 6.07. The van der Waals surface area contributed by atoms with Gasteiger partial charge in [0.25, 0.3) is 5.91 Å². The molecule has 0 N–H and O–H groups in total. The van der Waals surface area contributed by atoms with E-state index in [0.29, 0.717) is 24.0 Å². The average molecular weight is 246 g/mol. The predicted octanol–water partition coefficient (Wildman–Crippen LogP) is 0.958. The van der Waals surface area contributed by atoms with Gasteiger partial charge in [-0.1, -0.05) is 0 Å². The van der Waals surface area contributed by atoms with Crippen LogP contribution in [0, 0.1) is 5.92 Å². The van der Waals surface area contributed by atoms with Gasteiger partial charge in [0.05, 0.1) is 24.9 Å². The number of carbonyl (C=O) groups is 2. The number of aromatic nitrogens is 1. The molecular weight excluding hydrogens is 232 g/mol. The molecule has 0 unspecified atom stereocenters. The highest BCUT2D eigenvalue weighted by Crippen LogP contribution is 2.34. The summed E-state index contributed by atoms with van der Waals surface area (Å²) in [6.45, 7) is 0.631. The lowest BCUT2D eigenvalue weighted by Crippen LogP contribution is -2.43. The Labute approximate surface area is 105 Å². The van der Waals surface area contributed by atoms with Crippen LogP contribution in [0.1, 0.15) is 18.5 Å². The third-order valence-electron chi connectivity index (χ3n) is 3.37. The number of fused-ring (bicyclic) bond motifs is 1. The van der Waals surface area contributed by atoms with Gasteiger partial charge in [-0.3, -0.25) is 9.59 Å². The summed E-state index contributed by atoms with van der Waals surface area (Å²) in [5.74, 6) is 0.224. The standard InChI is InChI=1S/C13H14N2O3/c1-18-12-5-4-10-9(14-12)6-11(16)13(17)15(10)7-8-2-3-8/h4-5,8H,2-3,6-7H2,1H3. The Balaban J connectivity index is 1.99. The Morgan fingerprint density at radius 1 is 1.39 bits per heavy atom. The number of amides is 1. The summed E-state index contributed by atoms with van der Waals surface area (Å²) in [6.07, 6.45) is 2.35. The quantitative estimate of drug-likeness (QED) is 0.745. The number of hydrogen-bond acceptors (Lipinski definition) is 4. The smallest absolute Gasteiger partial charge is 0.294 e. The van der Waals surface area contributed by atoms with Crippen LogP contribution < -0.4 is 9.64 Å². The summed E-state index contributed by atoms with van der Waals surface area (Å²) in [5.41, 5.74) is 1.40. The van der Waals surface area contributed by atoms with E-state index in [9.17, 15) is 9.59 Å². The van der Waals surface area contributed by atoms with Gasteiger partial charge in [-0.2, -0.15) is 0 Å². The van der Waals surface area contributed by atoms with Crippen molar-refractivity contribution in [2.24, 2.45) is 5.92 Å². The molecule has 94 valence electrons. The van der Waals surface area contributed by atoms with Crippen LogP contribution >= 0.6 is 0 Å². The van der Waals surface area contributed by atoms with E-state index in [1.54, 1.807) is 11.0 Å². The van der Waals surface area contributed by atoms with Crippen molar-refractivity contribution < 1.29 is 14.3 Å². The van der Waals surface area contributed by atoms with Crippen molar-refractivity contribution in [3.63, 3.8) is 0 Å². The summed E-state index contributed by atoms with van der Waals surface area (Å²) >= 11 is 0. The summed E-state index contributed by atoms with van der Waals surface area (Å²) in [6, 6.07) is 3.54. The molecule has 0 aromatic carbocycles. The van der Waals surface area contributed by atoms with E-state index < -0.39 is 5.91 Å². The molecule has 1 aliphatic carbocycles. The van der Waals surface area contributed by atoms with Crippen LogP contribution in [0.25, 0.3) is 0 Å². The molecule has 0 bridgehead atoms. The number of methoxy groups -OCH3 is 1. The number of hydrogen-bond donors (Lipinski definition) is 0. The molecule has 5 nitrogen and oxygen atoms in total. The zero-order valence-corrected chi connectivity index (χ0v) is 10.2. The zero-order chi connectivity index (χ0) is 12.7. The van der Waals surface area contributed by atoms with E-state index in [0.717, 1.165) is 18.5 Å². The number of pyridine rings is 1. The third kappa shape index (κ3) is 1.85. The van der Waals surface area contributed by atoms with Crippen LogP contribution in [0.4, 0.5) is 5.69 Å². The van der Waals surface area contributed by atoms with Crippen LogP contribution in [0.5, 0.6) is 5.88 Å². The maximum atomic E-state index is 11.9. The molecule has 1 saturated carbocycles. The Morgan fingerprint density at radius 2 is 2.17 bits per heavy atom. The van der Waals surface area contributed by atoms with Crippen molar-refractivity contribution in [3.8, 4) is 5.88 Å². The number of ketones is 1. The van der Waals surface area contributed by atoms with Gasteiger partial charge in [0.15, 0.2) is 0 Å². The van der Waals surface area contributed by atoms with Gasteiger partial charge in [-0.25, -0.2) is 4.98 Å². The van der Waals surface area contributed by atoms with E-state index in [4.69, 9.17) is 4.74 Å². The number of rotatable bonds is 3. The van der Waals surface area contributed by atoms with E-state index in [-0.39, 0.29) is 12.2 Å². The van der Waals surface area contributed by atoms with Gasteiger partial charge in [-0.15, -0.1) is 0 Å².